The molecule has 0 atom stereocenters. The molecule has 1 aromatic heterocycles. The molecule has 0 fully saturated rings. The Balaban J connectivity index is 2.11. The molecule has 0 unspecified atom stereocenters. The molecule has 1 heterocycles. The SMILES string of the molecule is O=C(O)c1cc(F)cc(OCc2ccc(Cl)s2)c1. The Kier molecular flexibility index (Phi) is 3.84. The number of halogens is 2. The van der Waals surface area contributed by atoms with Crippen molar-refractivity contribution in [1.29, 1.82) is 0 Å². The van der Waals surface area contributed by atoms with Crippen LogP contribution in [0.4, 0.5) is 4.39 Å². The van der Waals surface area contributed by atoms with Crippen LogP contribution in [0.1, 0.15) is 15.2 Å². The molecule has 2 aromatic rings. The fourth-order valence-electron chi connectivity index (χ4n) is 1.35. The summed E-state index contributed by atoms with van der Waals surface area (Å²) in [5.41, 5.74) is -0.144. The first-order valence-electron chi connectivity index (χ1n) is 4.95. The lowest BCUT2D eigenvalue weighted by atomic mass is 10.2. The standard InChI is InChI=1S/C12H8ClFO3S/c13-11-2-1-10(18-11)6-17-9-4-7(12(15)16)3-8(14)5-9/h1-5H,6H2,(H,15,16). The summed E-state index contributed by atoms with van der Waals surface area (Å²) in [5.74, 6) is -1.66. The van der Waals surface area contributed by atoms with E-state index in [-0.39, 0.29) is 17.9 Å². The molecular weight excluding hydrogens is 279 g/mol. The third-order valence-electron chi connectivity index (χ3n) is 2.13. The molecule has 0 spiro atoms. The second kappa shape index (κ2) is 5.37. The third kappa shape index (κ3) is 3.21. The molecule has 2 rings (SSSR count). The summed E-state index contributed by atoms with van der Waals surface area (Å²) in [6.07, 6.45) is 0. The quantitative estimate of drug-likeness (QED) is 0.929. The van der Waals surface area contributed by atoms with Gasteiger partial charge in [-0.15, -0.1) is 11.3 Å². The number of carbonyl (C=O) groups is 1. The Labute approximate surface area is 111 Å². The van der Waals surface area contributed by atoms with Crippen LogP contribution in [0.2, 0.25) is 4.34 Å². The molecule has 0 amide bonds. The van der Waals surface area contributed by atoms with E-state index in [0.717, 1.165) is 17.0 Å². The predicted octanol–water partition coefficient (Wildman–Crippen LogP) is 3.82. The molecule has 1 aromatic carbocycles. The molecular formula is C12H8ClFO3S. The topological polar surface area (TPSA) is 46.5 Å². The molecule has 3 nitrogen and oxygen atoms in total. The van der Waals surface area contributed by atoms with Gasteiger partial charge in [-0.2, -0.15) is 0 Å². The van der Waals surface area contributed by atoms with E-state index in [1.807, 2.05) is 0 Å². The summed E-state index contributed by atoms with van der Waals surface area (Å²) in [6.45, 7) is 0.222. The average Bonchev–Trinajstić information content (AvgIpc) is 2.72. The van der Waals surface area contributed by atoms with Crippen molar-refractivity contribution in [3.63, 3.8) is 0 Å². The maximum absolute atomic E-state index is 13.2. The van der Waals surface area contributed by atoms with Crippen LogP contribution in [0.15, 0.2) is 30.3 Å². The van der Waals surface area contributed by atoms with Crippen molar-refractivity contribution in [3.8, 4) is 5.75 Å². The molecule has 0 radical (unpaired) electrons. The van der Waals surface area contributed by atoms with Crippen molar-refractivity contribution in [1.82, 2.24) is 0 Å². The number of aromatic carboxylic acids is 1. The lowest BCUT2D eigenvalue weighted by molar-refractivity contribution is 0.0695. The van der Waals surface area contributed by atoms with Gasteiger partial charge in [-0.3, -0.25) is 0 Å². The number of thiophene rings is 1. The Morgan fingerprint density at radius 1 is 1.39 bits per heavy atom. The highest BCUT2D eigenvalue weighted by Crippen LogP contribution is 2.24. The van der Waals surface area contributed by atoms with Gasteiger partial charge in [0, 0.05) is 10.9 Å². The van der Waals surface area contributed by atoms with Crippen LogP contribution < -0.4 is 4.74 Å². The van der Waals surface area contributed by atoms with Gasteiger partial charge in [-0.1, -0.05) is 11.6 Å². The monoisotopic (exact) mass is 286 g/mol. The van der Waals surface area contributed by atoms with Crippen molar-refractivity contribution in [2.75, 3.05) is 0 Å². The van der Waals surface area contributed by atoms with Gasteiger partial charge >= 0.3 is 5.97 Å². The van der Waals surface area contributed by atoms with Crippen molar-refractivity contribution in [3.05, 3.63) is 50.9 Å². The Bertz CT molecular complexity index is 582. The molecule has 0 saturated heterocycles. The van der Waals surface area contributed by atoms with Gasteiger partial charge in [0.1, 0.15) is 18.2 Å². The van der Waals surface area contributed by atoms with Gasteiger partial charge in [0.15, 0.2) is 0 Å². The van der Waals surface area contributed by atoms with Crippen molar-refractivity contribution in [2.45, 2.75) is 6.61 Å². The van der Waals surface area contributed by atoms with Gasteiger partial charge in [-0.25, -0.2) is 9.18 Å². The van der Waals surface area contributed by atoms with E-state index in [9.17, 15) is 9.18 Å². The highest BCUT2D eigenvalue weighted by atomic mass is 35.5. The van der Waals surface area contributed by atoms with Gasteiger partial charge < -0.3 is 9.84 Å². The van der Waals surface area contributed by atoms with Crippen LogP contribution in [0.25, 0.3) is 0 Å². The van der Waals surface area contributed by atoms with E-state index < -0.39 is 11.8 Å². The normalized spacial score (nSPS) is 10.3. The maximum Gasteiger partial charge on any atom is 0.335 e. The number of hydrogen-bond acceptors (Lipinski definition) is 3. The van der Waals surface area contributed by atoms with Crippen LogP contribution in [-0.4, -0.2) is 11.1 Å². The summed E-state index contributed by atoms with van der Waals surface area (Å²) in [4.78, 5) is 11.6. The lowest BCUT2D eigenvalue weighted by Crippen LogP contribution is -1.99. The molecule has 0 saturated carbocycles. The first-order chi connectivity index (χ1) is 8.54. The minimum absolute atomic E-state index is 0.144. The summed E-state index contributed by atoms with van der Waals surface area (Å²) in [6, 6.07) is 6.89. The highest BCUT2D eigenvalue weighted by molar-refractivity contribution is 7.16. The molecule has 0 bridgehead atoms. The minimum Gasteiger partial charge on any atom is -0.488 e. The summed E-state index contributed by atoms with van der Waals surface area (Å²) in [7, 11) is 0. The van der Waals surface area contributed by atoms with E-state index in [1.165, 1.54) is 17.4 Å². The van der Waals surface area contributed by atoms with Gasteiger partial charge in [0.25, 0.3) is 0 Å². The Hall–Kier alpha value is -1.59. The van der Waals surface area contributed by atoms with Crippen LogP contribution in [0.3, 0.4) is 0 Å². The number of benzene rings is 1. The molecule has 0 aliphatic carbocycles. The van der Waals surface area contributed by atoms with Crippen molar-refractivity contribution in [2.24, 2.45) is 0 Å². The van der Waals surface area contributed by atoms with Crippen LogP contribution in [-0.2, 0) is 6.61 Å². The molecule has 6 heteroatoms. The maximum atomic E-state index is 13.2. The fourth-order valence-corrected chi connectivity index (χ4v) is 2.35. The molecule has 0 aliphatic heterocycles. The van der Waals surface area contributed by atoms with Crippen molar-refractivity contribution < 1.29 is 19.0 Å². The van der Waals surface area contributed by atoms with Gasteiger partial charge in [-0.05, 0) is 24.3 Å². The molecule has 1 N–H and O–H groups in total. The van der Waals surface area contributed by atoms with Gasteiger partial charge in [0.2, 0.25) is 0 Å². The lowest BCUT2D eigenvalue weighted by Gasteiger charge is -2.05. The Morgan fingerprint density at radius 3 is 2.78 bits per heavy atom. The van der Waals surface area contributed by atoms with E-state index in [4.69, 9.17) is 21.4 Å². The van der Waals surface area contributed by atoms with Crippen molar-refractivity contribution >= 4 is 28.9 Å². The van der Waals surface area contributed by atoms with Gasteiger partial charge in [0.05, 0.1) is 9.90 Å². The number of carboxylic acids is 1. The minimum atomic E-state index is -1.20. The zero-order valence-corrected chi connectivity index (χ0v) is 10.6. The first kappa shape index (κ1) is 12.9. The Morgan fingerprint density at radius 2 is 2.17 bits per heavy atom. The number of rotatable bonds is 4. The number of hydrogen-bond donors (Lipinski definition) is 1. The predicted molar refractivity (Wildman–Crippen MR) is 67.0 cm³/mol. The van der Waals surface area contributed by atoms with Crippen LogP contribution in [0, 0.1) is 5.82 Å². The highest BCUT2D eigenvalue weighted by Gasteiger charge is 2.08. The first-order valence-corrected chi connectivity index (χ1v) is 6.15. The summed E-state index contributed by atoms with van der Waals surface area (Å²) < 4.78 is 19.1. The number of carboxylic acid groups (broad SMARTS) is 1. The smallest absolute Gasteiger partial charge is 0.335 e. The number of ether oxygens (including phenoxy) is 1. The molecule has 18 heavy (non-hydrogen) atoms. The van der Waals surface area contributed by atoms with Crippen LogP contribution in [0.5, 0.6) is 5.75 Å². The second-order valence-electron chi connectivity index (χ2n) is 3.48. The van der Waals surface area contributed by atoms with E-state index >= 15 is 0 Å². The van der Waals surface area contributed by atoms with E-state index in [2.05, 4.69) is 0 Å². The van der Waals surface area contributed by atoms with Crippen LogP contribution >= 0.6 is 22.9 Å². The zero-order valence-electron chi connectivity index (χ0n) is 9.02. The van der Waals surface area contributed by atoms with E-state index in [0.29, 0.717) is 4.34 Å². The fraction of sp³-hybridized carbons (Fsp3) is 0.0833. The zero-order chi connectivity index (χ0) is 13.1. The third-order valence-corrected chi connectivity index (χ3v) is 3.33. The average molecular weight is 287 g/mol. The largest absolute Gasteiger partial charge is 0.488 e. The summed E-state index contributed by atoms with van der Waals surface area (Å²) in [5, 5.41) is 8.78. The molecule has 94 valence electrons. The second-order valence-corrected chi connectivity index (χ2v) is 5.27. The summed E-state index contributed by atoms with van der Waals surface area (Å²) >= 11 is 7.11. The van der Waals surface area contributed by atoms with E-state index in [1.54, 1.807) is 12.1 Å². The molecule has 0 aliphatic rings.